The molecule has 0 unspecified atom stereocenters. The second kappa shape index (κ2) is 6.49. The minimum absolute atomic E-state index is 0.321. The van der Waals surface area contributed by atoms with Crippen molar-refractivity contribution in [3.63, 3.8) is 0 Å². The smallest absolute Gasteiger partial charge is 0.250 e. The molecule has 0 saturated heterocycles. The van der Waals surface area contributed by atoms with Gasteiger partial charge >= 0.3 is 0 Å². The molecule has 0 amide bonds. The van der Waals surface area contributed by atoms with Crippen molar-refractivity contribution in [2.75, 3.05) is 6.54 Å². The van der Waals surface area contributed by atoms with E-state index in [4.69, 9.17) is 0 Å². The Morgan fingerprint density at radius 2 is 2.16 bits per heavy atom. The Morgan fingerprint density at radius 1 is 1.37 bits per heavy atom. The Bertz CT molecular complexity index is 651. The maximum absolute atomic E-state index is 11.9. The number of hydrogen-bond acceptors (Lipinski definition) is 4. The van der Waals surface area contributed by atoms with Gasteiger partial charge in [-0.1, -0.05) is 0 Å². The number of aryl methyl sites for hydroxylation is 1. The van der Waals surface area contributed by atoms with Crippen LogP contribution in [0.3, 0.4) is 0 Å². The summed E-state index contributed by atoms with van der Waals surface area (Å²) in [6.45, 7) is 1.05. The molecule has 1 N–H and O–H groups in total. The topological polar surface area (TPSA) is 64.0 Å². The van der Waals surface area contributed by atoms with Crippen LogP contribution in [0.2, 0.25) is 0 Å². The van der Waals surface area contributed by atoms with Gasteiger partial charge in [0.2, 0.25) is 10.0 Å². The van der Waals surface area contributed by atoms with Crippen LogP contribution in [0.25, 0.3) is 0 Å². The summed E-state index contributed by atoms with van der Waals surface area (Å²) in [7, 11) is -3.39. The van der Waals surface area contributed by atoms with Gasteiger partial charge in [0.15, 0.2) is 0 Å². The third kappa shape index (κ3) is 4.38. The lowest BCUT2D eigenvalue weighted by atomic mass is 10.4. The van der Waals surface area contributed by atoms with Gasteiger partial charge in [0.25, 0.3) is 0 Å². The van der Waals surface area contributed by atoms with Gasteiger partial charge in [0, 0.05) is 19.3 Å². The molecule has 0 aliphatic heterocycles. The van der Waals surface area contributed by atoms with Crippen LogP contribution < -0.4 is 4.72 Å². The van der Waals surface area contributed by atoms with Gasteiger partial charge in [0.05, 0.1) is 14.5 Å². The number of sulfonamides is 1. The molecule has 9 heteroatoms. The van der Waals surface area contributed by atoms with Gasteiger partial charge < -0.3 is 0 Å². The van der Waals surface area contributed by atoms with Crippen LogP contribution in [0.5, 0.6) is 0 Å². The van der Waals surface area contributed by atoms with Crippen molar-refractivity contribution in [1.29, 1.82) is 0 Å². The molecule has 104 valence electrons. The number of aromatic nitrogens is 2. The molecule has 2 aromatic rings. The molecule has 0 spiro atoms. The molecule has 0 radical (unpaired) electrons. The van der Waals surface area contributed by atoms with E-state index in [0.717, 1.165) is 8.26 Å². The first-order valence-electron chi connectivity index (χ1n) is 5.40. The van der Waals surface area contributed by atoms with Gasteiger partial charge in [-0.05, 0) is 50.4 Å². The fraction of sp³-hybridized carbons (Fsp3) is 0.300. The van der Waals surface area contributed by atoms with Crippen LogP contribution >= 0.6 is 43.2 Å². The average molecular weight is 429 g/mol. The standard InChI is InChI=1S/C10H11Br2N3O2S2/c11-8-6-13-15(7-8)5-1-4-14-19(16,17)10-3-2-9(12)18-10/h2-3,6-7,14H,1,4-5H2. The van der Waals surface area contributed by atoms with Crippen molar-refractivity contribution < 1.29 is 8.42 Å². The SMILES string of the molecule is O=S(=O)(NCCCn1cc(Br)cn1)c1ccc(Br)s1. The van der Waals surface area contributed by atoms with E-state index in [1.54, 1.807) is 23.0 Å². The van der Waals surface area contributed by atoms with E-state index < -0.39 is 10.0 Å². The maximum Gasteiger partial charge on any atom is 0.250 e. The van der Waals surface area contributed by atoms with Crippen molar-refractivity contribution in [1.82, 2.24) is 14.5 Å². The molecule has 0 bridgehead atoms. The van der Waals surface area contributed by atoms with Crippen molar-refractivity contribution in [3.05, 3.63) is 32.8 Å². The average Bonchev–Trinajstić information content (AvgIpc) is 2.94. The molecule has 0 aliphatic rings. The quantitative estimate of drug-likeness (QED) is 0.719. The monoisotopic (exact) mass is 427 g/mol. The normalized spacial score (nSPS) is 11.9. The highest BCUT2D eigenvalue weighted by Gasteiger charge is 2.15. The zero-order valence-electron chi connectivity index (χ0n) is 9.71. The predicted molar refractivity (Wildman–Crippen MR) is 81.8 cm³/mol. The number of nitrogens with one attached hydrogen (secondary N) is 1. The number of rotatable bonds is 6. The summed E-state index contributed by atoms with van der Waals surface area (Å²) in [6.07, 6.45) is 4.23. The predicted octanol–water partition coefficient (Wildman–Crippen LogP) is 2.84. The zero-order chi connectivity index (χ0) is 13.9. The molecule has 0 atom stereocenters. The molecule has 2 heterocycles. The molecule has 0 aliphatic carbocycles. The second-order valence-corrected chi connectivity index (χ2v) is 9.10. The lowest BCUT2D eigenvalue weighted by Gasteiger charge is -2.04. The van der Waals surface area contributed by atoms with Gasteiger partial charge in [-0.25, -0.2) is 13.1 Å². The third-order valence-electron chi connectivity index (χ3n) is 2.27. The van der Waals surface area contributed by atoms with Crippen molar-refractivity contribution in [2.24, 2.45) is 0 Å². The van der Waals surface area contributed by atoms with Crippen LogP contribution in [-0.2, 0) is 16.6 Å². The van der Waals surface area contributed by atoms with E-state index in [0.29, 0.717) is 23.7 Å². The summed E-state index contributed by atoms with van der Waals surface area (Å²) in [6, 6.07) is 3.31. The maximum atomic E-state index is 11.9. The van der Waals surface area contributed by atoms with Crippen molar-refractivity contribution in [3.8, 4) is 0 Å². The Balaban J connectivity index is 1.82. The summed E-state index contributed by atoms with van der Waals surface area (Å²) in [4.78, 5) is 0. The largest absolute Gasteiger partial charge is 0.272 e. The highest BCUT2D eigenvalue weighted by atomic mass is 79.9. The zero-order valence-corrected chi connectivity index (χ0v) is 14.5. The van der Waals surface area contributed by atoms with E-state index in [1.807, 2.05) is 6.20 Å². The van der Waals surface area contributed by atoms with Crippen LogP contribution in [-0.4, -0.2) is 24.7 Å². The number of hydrogen-bond donors (Lipinski definition) is 1. The van der Waals surface area contributed by atoms with E-state index in [1.165, 1.54) is 11.3 Å². The van der Waals surface area contributed by atoms with Gasteiger partial charge in [0.1, 0.15) is 4.21 Å². The molecule has 0 aromatic carbocycles. The van der Waals surface area contributed by atoms with Gasteiger partial charge in [-0.3, -0.25) is 4.68 Å². The van der Waals surface area contributed by atoms with E-state index in [9.17, 15) is 8.42 Å². The van der Waals surface area contributed by atoms with Crippen LogP contribution in [0, 0.1) is 0 Å². The van der Waals surface area contributed by atoms with E-state index in [-0.39, 0.29) is 0 Å². The number of thiophene rings is 1. The molecular weight excluding hydrogens is 418 g/mol. The van der Waals surface area contributed by atoms with Crippen molar-refractivity contribution >= 4 is 53.2 Å². The first-order valence-corrected chi connectivity index (χ1v) is 9.29. The molecule has 0 saturated carbocycles. The molecule has 2 aromatic heterocycles. The summed E-state index contributed by atoms with van der Waals surface area (Å²) in [5, 5.41) is 4.10. The number of nitrogens with zero attached hydrogens (tertiary/aromatic N) is 2. The molecule has 5 nitrogen and oxygen atoms in total. The minimum atomic E-state index is -3.39. The lowest BCUT2D eigenvalue weighted by molar-refractivity contribution is 0.554. The second-order valence-electron chi connectivity index (χ2n) is 3.73. The third-order valence-corrected chi connectivity index (χ3v) is 6.26. The van der Waals surface area contributed by atoms with E-state index >= 15 is 0 Å². The summed E-state index contributed by atoms with van der Waals surface area (Å²) < 4.78 is 30.2. The Morgan fingerprint density at radius 3 is 2.74 bits per heavy atom. The highest BCUT2D eigenvalue weighted by molar-refractivity contribution is 9.11. The van der Waals surface area contributed by atoms with Crippen molar-refractivity contribution in [2.45, 2.75) is 17.2 Å². The van der Waals surface area contributed by atoms with Crippen LogP contribution in [0.15, 0.2) is 37.0 Å². The fourth-order valence-electron chi connectivity index (χ4n) is 1.42. The first-order chi connectivity index (χ1) is 8.97. The molecule has 2 rings (SSSR count). The number of halogens is 2. The Hall–Kier alpha value is -0.220. The van der Waals surface area contributed by atoms with Gasteiger partial charge in [-0.15, -0.1) is 11.3 Å². The first kappa shape index (κ1) is 15.2. The van der Waals surface area contributed by atoms with E-state index in [2.05, 4.69) is 41.7 Å². The lowest BCUT2D eigenvalue weighted by Crippen LogP contribution is -2.24. The summed E-state index contributed by atoms with van der Waals surface area (Å²) in [5.74, 6) is 0. The van der Waals surface area contributed by atoms with Crippen LogP contribution in [0.4, 0.5) is 0 Å². The summed E-state index contributed by atoms with van der Waals surface area (Å²) in [5.41, 5.74) is 0. The molecule has 19 heavy (non-hydrogen) atoms. The Kier molecular flexibility index (Phi) is 5.18. The minimum Gasteiger partial charge on any atom is -0.272 e. The fourth-order valence-corrected chi connectivity index (χ4v) is 4.88. The van der Waals surface area contributed by atoms with Gasteiger partial charge in [-0.2, -0.15) is 5.10 Å². The summed E-state index contributed by atoms with van der Waals surface area (Å²) >= 11 is 7.75. The van der Waals surface area contributed by atoms with Crippen LogP contribution in [0.1, 0.15) is 6.42 Å². The highest BCUT2D eigenvalue weighted by Crippen LogP contribution is 2.25. The molecular formula is C10H11Br2N3O2S2. The Labute approximate surface area is 132 Å². The molecule has 0 fully saturated rings.